The lowest BCUT2D eigenvalue weighted by atomic mass is 10.0. The first kappa shape index (κ1) is 29.7. The van der Waals surface area contributed by atoms with Gasteiger partial charge in [-0.05, 0) is 31.0 Å². The zero-order chi connectivity index (χ0) is 27.3. The molecule has 1 aromatic heterocycles. The van der Waals surface area contributed by atoms with E-state index in [1.807, 2.05) is 0 Å². The van der Waals surface area contributed by atoms with Gasteiger partial charge in [-0.3, -0.25) is 0 Å². The van der Waals surface area contributed by atoms with Crippen molar-refractivity contribution < 1.29 is 27.0 Å². The Bertz CT molecular complexity index is 1140. The topological polar surface area (TPSA) is 31.4 Å². The summed E-state index contributed by atoms with van der Waals surface area (Å²) in [5.41, 5.74) is 0.653. The minimum Gasteiger partial charge on any atom is -0.487 e. The number of nitrogens with zero attached hydrogens (tertiary/aromatic N) is 1. The Morgan fingerprint density at radius 2 is 1.47 bits per heavy atom. The molecule has 0 aliphatic rings. The standard InChI is InChI=1S/C31H39F4NO2/c1-3-5-7-9-10-11-13-23(32)21-38-31-25-16-15-24(29(34)26(25)19-27(33)30(31)35)22-14-17-28(36-20-22)37-18-12-8-6-4-2/h14-17,19-20,23H,3-13,18,21H2,1-2H3/t23-/m1/s1. The molecule has 1 atom stereocenters. The fourth-order valence-corrected chi connectivity index (χ4v) is 4.45. The van der Waals surface area contributed by atoms with Gasteiger partial charge < -0.3 is 9.47 Å². The second-order valence-electron chi connectivity index (χ2n) is 9.78. The largest absolute Gasteiger partial charge is 0.487 e. The Balaban J connectivity index is 1.69. The van der Waals surface area contributed by atoms with E-state index in [0.717, 1.165) is 57.4 Å². The molecule has 0 unspecified atom stereocenters. The third kappa shape index (κ3) is 8.34. The van der Waals surface area contributed by atoms with Crippen molar-refractivity contribution >= 4 is 10.8 Å². The van der Waals surface area contributed by atoms with Gasteiger partial charge in [0.05, 0.1) is 6.61 Å². The smallest absolute Gasteiger partial charge is 0.213 e. The Kier molecular flexibility index (Phi) is 12.2. The molecule has 3 nitrogen and oxygen atoms in total. The number of alkyl halides is 1. The van der Waals surface area contributed by atoms with Crippen LogP contribution in [0.25, 0.3) is 21.9 Å². The van der Waals surface area contributed by atoms with Gasteiger partial charge in [0.1, 0.15) is 18.6 Å². The first-order valence-electron chi connectivity index (χ1n) is 13.9. The van der Waals surface area contributed by atoms with E-state index in [1.54, 1.807) is 12.1 Å². The van der Waals surface area contributed by atoms with E-state index in [0.29, 0.717) is 24.5 Å². The van der Waals surface area contributed by atoms with Gasteiger partial charge in [-0.15, -0.1) is 0 Å². The Morgan fingerprint density at radius 3 is 2.18 bits per heavy atom. The maximum Gasteiger partial charge on any atom is 0.213 e. The normalized spacial score (nSPS) is 12.2. The maximum absolute atomic E-state index is 15.5. The molecule has 0 aliphatic heterocycles. The molecule has 0 radical (unpaired) electrons. The molecule has 208 valence electrons. The second-order valence-corrected chi connectivity index (χ2v) is 9.78. The third-order valence-electron chi connectivity index (χ3n) is 6.68. The molecule has 0 saturated carbocycles. The minimum atomic E-state index is -1.32. The summed E-state index contributed by atoms with van der Waals surface area (Å²) in [6.07, 6.45) is 10.9. The first-order chi connectivity index (χ1) is 18.5. The van der Waals surface area contributed by atoms with Crippen LogP contribution >= 0.6 is 0 Å². The van der Waals surface area contributed by atoms with E-state index in [9.17, 15) is 13.2 Å². The Hall–Kier alpha value is -2.83. The van der Waals surface area contributed by atoms with Crippen molar-refractivity contribution in [3.05, 3.63) is 54.0 Å². The lowest BCUT2D eigenvalue weighted by molar-refractivity contribution is 0.179. The molecular formula is C31H39F4NO2. The molecule has 38 heavy (non-hydrogen) atoms. The van der Waals surface area contributed by atoms with E-state index < -0.39 is 36.0 Å². The number of rotatable bonds is 17. The number of fused-ring (bicyclic) bond motifs is 1. The molecular weight excluding hydrogens is 494 g/mol. The zero-order valence-corrected chi connectivity index (χ0v) is 22.5. The van der Waals surface area contributed by atoms with Crippen LogP contribution in [0.5, 0.6) is 11.6 Å². The number of aromatic nitrogens is 1. The van der Waals surface area contributed by atoms with Crippen molar-refractivity contribution in [3.8, 4) is 22.8 Å². The predicted molar refractivity (Wildman–Crippen MR) is 145 cm³/mol. The van der Waals surface area contributed by atoms with Crippen LogP contribution in [0.3, 0.4) is 0 Å². The van der Waals surface area contributed by atoms with Crippen molar-refractivity contribution in [1.82, 2.24) is 4.98 Å². The van der Waals surface area contributed by atoms with Gasteiger partial charge in [-0.25, -0.2) is 18.2 Å². The van der Waals surface area contributed by atoms with Gasteiger partial charge in [0.2, 0.25) is 11.7 Å². The van der Waals surface area contributed by atoms with Crippen LogP contribution in [0.1, 0.15) is 84.5 Å². The quantitative estimate of drug-likeness (QED) is 0.128. The van der Waals surface area contributed by atoms with Crippen LogP contribution in [-0.4, -0.2) is 24.4 Å². The summed E-state index contributed by atoms with van der Waals surface area (Å²) in [4.78, 5) is 4.25. The van der Waals surface area contributed by atoms with Crippen molar-refractivity contribution in [2.45, 2.75) is 90.6 Å². The van der Waals surface area contributed by atoms with E-state index in [1.165, 1.54) is 24.8 Å². The number of hydrogen-bond donors (Lipinski definition) is 0. The highest BCUT2D eigenvalue weighted by atomic mass is 19.2. The summed E-state index contributed by atoms with van der Waals surface area (Å²) in [5.74, 6) is -3.26. The molecule has 0 N–H and O–H groups in total. The zero-order valence-electron chi connectivity index (χ0n) is 22.5. The van der Waals surface area contributed by atoms with Gasteiger partial charge in [-0.2, -0.15) is 4.39 Å². The van der Waals surface area contributed by atoms with E-state index in [4.69, 9.17) is 9.47 Å². The molecule has 2 aromatic carbocycles. The number of benzene rings is 2. The Labute approximate surface area is 223 Å². The number of halogens is 4. The van der Waals surface area contributed by atoms with Crippen LogP contribution < -0.4 is 9.47 Å². The first-order valence-corrected chi connectivity index (χ1v) is 13.9. The minimum absolute atomic E-state index is 0.0527. The molecule has 0 spiro atoms. The fourth-order valence-electron chi connectivity index (χ4n) is 4.45. The summed E-state index contributed by atoms with van der Waals surface area (Å²) < 4.78 is 69.9. The molecule has 1 heterocycles. The summed E-state index contributed by atoms with van der Waals surface area (Å²) in [5, 5.41) is -0.0871. The molecule has 0 amide bonds. The molecule has 3 rings (SSSR count). The molecule has 0 bridgehead atoms. The van der Waals surface area contributed by atoms with Gasteiger partial charge in [0.25, 0.3) is 0 Å². The maximum atomic E-state index is 15.5. The van der Waals surface area contributed by atoms with Crippen LogP contribution in [-0.2, 0) is 0 Å². The van der Waals surface area contributed by atoms with Crippen LogP contribution in [0.4, 0.5) is 17.6 Å². The van der Waals surface area contributed by atoms with Gasteiger partial charge in [0, 0.05) is 34.2 Å². The average Bonchev–Trinajstić information content (AvgIpc) is 2.92. The van der Waals surface area contributed by atoms with Crippen molar-refractivity contribution in [1.29, 1.82) is 0 Å². The lowest BCUT2D eigenvalue weighted by Crippen LogP contribution is -2.14. The highest BCUT2D eigenvalue weighted by molar-refractivity contribution is 5.93. The van der Waals surface area contributed by atoms with E-state index in [-0.39, 0.29) is 22.8 Å². The van der Waals surface area contributed by atoms with Gasteiger partial charge in [-0.1, -0.05) is 77.7 Å². The molecule has 3 aromatic rings. The second kappa shape index (κ2) is 15.6. The summed E-state index contributed by atoms with van der Waals surface area (Å²) in [6.45, 7) is 4.42. The predicted octanol–water partition coefficient (Wildman–Crippen LogP) is 9.75. The number of pyridine rings is 1. The highest BCUT2D eigenvalue weighted by Crippen LogP contribution is 2.37. The third-order valence-corrected chi connectivity index (χ3v) is 6.68. The molecule has 0 saturated heterocycles. The summed E-state index contributed by atoms with van der Waals surface area (Å²) in [6, 6.07) is 7.06. The summed E-state index contributed by atoms with van der Waals surface area (Å²) in [7, 11) is 0. The average molecular weight is 534 g/mol. The SMILES string of the molecule is CCCCCCCC[C@@H](F)COc1c(F)c(F)cc2c(F)c(-c3ccc(OCCCCCC)nc3)ccc12. The summed E-state index contributed by atoms with van der Waals surface area (Å²) >= 11 is 0. The molecule has 0 aliphatic carbocycles. The van der Waals surface area contributed by atoms with Crippen molar-refractivity contribution in [2.24, 2.45) is 0 Å². The van der Waals surface area contributed by atoms with Crippen LogP contribution in [0.2, 0.25) is 0 Å². The fraction of sp³-hybridized carbons (Fsp3) is 0.516. The van der Waals surface area contributed by atoms with Crippen molar-refractivity contribution in [2.75, 3.05) is 13.2 Å². The number of hydrogen-bond acceptors (Lipinski definition) is 3. The monoisotopic (exact) mass is 533 g/mol. The van der Waals surface area contributed by atoms with E-state index in [2.05, 4.69) is 18.8 Å². The van der Waals surface area contributed by atoms with Gasteiger partial charge in [0.15, 0.2) is 11.6 Å². The molecule has 0 fully saturated rings. The molecule has 7 heteroatoms. The number of unbranched alkanes of at least 4 members (excludes halogenated alkanes) is 8. The number of ether oxygens (including phenoxy) is 2. The van der Waals surface area contributed by atoms with Crippen molar-refractivity contribution in [3.63, 3.8) is 0 Å². The van der Waals surface area contributed by atoms with Crippen LogP contribution in [0, 0.1) is 17.5 Å². The Morgan fingerprint density at radius 1 is 0.763 bits per heavy atom. The lowest BCUT2D eigenvalue weighted by Gasteiger charge is -2.15. The van der Waals surface area contributed by atoms with E-state index >= 15 is 4.39 Å². The van der Waals surface area contributed by atoms with Gasteiger partial charge >= 0.3 is 0 Å². The highest BCUT2D eigenvalue weighted by Gasteiger charge is 2.21. The van der Waals surface area contributed by atoms with Crippen LogP contribution in [0.15, 0.2) is 36.5 Å².